The van der Waals surface area contributed by atoms with Gasteiger partial charge in [-0.15, -0.1) is 0 Å². The molecule has 1 aliphatic carbocycles. The van der Waals surface area contributed by atoms with Crippen molar-refractivity contribution >= 4 is 27.6 Å². The summed E-state index contributed by atoms with van der Waals surface area (Å²) in [6.07, 6.45) is 4.52. The minimum absolute atomic E-state index is 0.170. The van der Waals surface area contributed by atoms with Crippen molar-refractivity contribution in [2.24, 2.45) is 5.92 Å². The van der Waals surface area contributed by atoms with Gasteiger partial charge in [0.15, 0.2) is 0 Å². The van der Waals surface area contributed by atoms with Gasteiger partial charge < -0.3 is 10.4 Å². The number of anilines is 1. The second-order valence-corrected chi connectivity index (χ2v) is 5.56. The first-order valence-electron chi connectivity index (χ1n) is 6.24. The molecule has 3 rings (SSSR count). The maximum Gasteiger partial charge on any atom is 0.149 e. The topological polar surface area (TPSA) is 70.9 Å². The summed E-state index contributed by atoms with van der Waals surface area (Å²) in [5.74, 6) is 1.17. The zero-order chi connectivity index (χ0) is 12.5. The third kappa shape index (κ3) is 2.06. The summed E-state index contributed by atoms with van der Waals surface area (Å²) in [5.41, 5.74) is 0.963. The summed E-state index contributed by atoms with van der Waals surface area (Å²) in [6.45, 7) is 2.74. The Morgan fingerprint density at radius 2 is 2.33 bits per heavy atom. The number of aliphatic hydroxyl groups is 1. The Balaban J connectivity index is 1.80. The lowest BCUT2D eigenvalue weighted by molar-refractivity contribution is 0.138. The first kappa shape index (κ1) is 11.8. The summed E-state index contributed by atoms with van der Waals surface area (Å²) in [6, 6.07) is 0. The average molecular weight is 264 g/mol. The van der Waals surface area contributed by atoms with Crippen LogP contribution in [0.5, 0.6) is 0 Å². The van der Waals surface area contributed by atoms with Crippen LogP contribution in [0.25, 0.3) is 10.2 Å². The van der Waals surface area contributed by atoms with Crippen molar-refractivity contribution in [2.75, 3.05) is 11.9 Å². The Morgan fingerprint density at radius 1 is 1.44 bits per heavy atom. The average Bonchev–Trinajstić information content (AvgIpc) is 2.94. The summed E-state index contributed by atoms with van der Waals surface area (Å²) in [5, 5.41) is 14.2. The molecule has 6 heteroatoms. The molecule has 0 bridgehead atoms. The van der Waals surface area contributed by atoms with E-state index in [4.69, 9.17) is 0 Å². The highest BCUT2D eigenvalue weighted by Crippen LogP contribution is 2.28. The van der Waals surface area contributed by atoms with Crippen molar-refractivity contribution < 1.29 is 5.11 Å². The highest BCUT2D eigenvalue weighted by molar-refractivity contribution is 7.13. The molecule has 0 saturated heterocycles. The normalized spacial score (nSPS) is 23.7. The molecule has 1 fully saturated rings. The molecule has 0 spiro atoms. The van der Waals surface area contributed by atoms with Gasteiger partial charge in [0, 0.05) is 12.5 Å². The fourth-order valence-electron chi connectivity index (χ4n) is 2.54. The van der Waals surface area contributed by atoms with Gasteiger partial charge in [-0.3, -0.25) is 0 Å². The number of aliphatic hydroxyl groups excluding tert-OH is 1. The van der Waals surface area contributed by atoms with E-state index in [2.05, 4.69) is 19.7 Å². The molecule has 2 aromatic rings. The minimum atomic E-state index is -0.170. The second-order valence-electron chi connectivity index (χ2n) is 4.81. The summed E-state index contributed by atoms with van der Waals surface area (Å²) in [4.78, 5) is 9.42. The van der Waals surface area contributed by atoms with E-state index < -0.39 is 0 Å². The number of nitrogens with zero attached hydrogens (tertiary/aromatic N) is 3. The van der Waals surface area contributed by atoms with Crippen LogP contribution in [0.1, 0.15) is 25.0 Å². The van der Waals surface area contributed by atoms with Crippen LogP contribution in [0.2, 0.25) is 0 Å². The van der Waals surface area contributed by atoms with Crippen LogP contribution in [-0.2, 0) is 0 Å². The Kier molecular flexibility index (Phi) is 3.13. The maximum atomic E-state index is 9.81. The van der Waals surface area contributed by atoms with Gasteiger partial charge >= 0.3 is 0 Å². The first-order valence-corrected chi connectivity index (χ1v) is 7.02. The zero-order valence-corrected chi connectivity index (χ0v) is 11.1. The van der Waals surface area contributed by atoms with Crippen LogP contribution in [0, 0.1) is 12.8 Å². The number of rotatable bonds is 3. The molecule has 0 radical (unpaired) electrons. The van der Waals surface area contributed by atoms with E-state index in [0.717, 1.165) is 47.5 Å². The smallest absolute Gasteiger partial charge is 0.149 e. The van der Waals surface area contributed by atoms with E-state index in [-0.39, 0.29) is 6.10 Å². The van der Waals surface area contributed by atoms with Crippen molar-refractivity contribution in [3.8, 4) is 0 Å². The van der Waals surface area contributed by atoms with Crippen LogP contribution in [-0.4, -0.2) is 32.1 Å². The Labute approximate surface area is 109 Å². The number of hydrogen-bond acceptors (Lipinski definition) is 6. The quantitative estimate of drug-likeness (QED) is 0.887. The Morgan fingerprint density at radius 3 is 3.11 bits per heavy atom. The molecule has 1 saturated carbocycles. The van der Waals surface area contributed by atoms with Crippen LogP contribution < -0.4 is 5.32 Å². The summed E-state index contributed by atoms with van der Waals surface area (Å²) >= 11 is 1.40. The van der Waals surface area contributed by atoms with Crippen molar-refractivity contribution in [3.05, 3.63) is 12.0 Å². The van der Waals surface area contributed by atoms with E-state index in [1.807, 2.05) is 6.92 Å². The highest BCUT2D eigenvalue weighted by Gasteiger charge is 2.25. The van der Waals surface area contributed by atoms with Crippen LogP contribution in [0.3, 0.4) is 0 Å². The molecule has 2 aromatic heterocycles. The van der Waals surface area contributed by atoms with Gasteiger partial charge in [0.2, 0.25) is 0 Å². The van der Waals surface area contributed by atoms with Crippen molar-refractivity contribution in [1.82, 2.24) is 14.3 Å². The number of aryl methyl sites for hydroxylation is 1. The van der Waals surface area contributed by atoms with Gasteiger partial charge in [-0.25, -0.2) is 9.97 Å². The number of aromatic nitrogens is 3. The molecular formula is C12H16N4OS. The van der Waals surface area contributed by atoms with Gasteiger partial charge in [0.1, 0.15) is 17.0 Å². The van der Waals surface area contributed by atoms with Crippen LogP contribution in [0.4, 0.5) is 5.82 Å². The van der Waals surface area contributed by atoms with Gasteiger partial charge in [-0.1, -0.05) is 6.42 Å². The van der Waals surface area contributed by atoms with E-state index >= 15 is 0 Å². The monoisotopic (exact) mass is 264 g/mol. The fraction of sp³-hybridized carbons (Fsp3) is 0.583. The molecule has 2 heterocycles. The maximum absolute atomic E-state index is 9.81. The molecule has 0 aromatic carbocycles. The van der Waals surface area contributed by atoms with Gasteiger partial charge in [0.05, 0.1) is 17.2 Å². The second kappa shape index (κ2) is 4.78. The summed E-state index contributed by atoms with van der Waals surface area (Å²) < 4.78 is 4.30. The molecule has 5 nitrogen and oxygen atoms in total. The minimum Gasteiger partial charge on any atom is -0.393 e. The lowest BCUT2D eigenvalue weighted by atomic mass is 10.1. The molecular weight excluding hydrogens is 248 g/mol. The predicted octanol–water partition coefficient (Wildman–Crippen LogP) is 1.97. The molecule has 2 N–H and O–H groups in total. The third-order valence-corrected chi connectivity index (χ3v) is 4.44. The van der Waals surface area contributed by atoms with Crippen molar-refractivity contribution in [1.29, 1.82) is 0 Å². The predicted molar refractivity (Wildman–Crippen MR) is 71.8 cm³/mol. The molecule has 18 heavy (non-hydrogen) atoms. The number of nitrogens with one attached hydrogen (secondary N) is 1. The van der Waals surface area contributed by atoms with Crippen LogP contribution >= 0.6 is 11.5 Å². The molecule has 1 aliphatic rings. The molecule has 0 amide bonds. The van der Waals surface area contributed by atoms with Crippen LogP contribution in [0.15, 0.2) is 6.33 Å². The van der Waals surface area contributed by atoms with Crippen molar-refractivity contribution in [3.63, 3.8) is 0 Å². The third-order valence-electron chi connectivity index (χ3n) is 3.59. The molecule has 0 aliphatic heterocycles. The number of fused-ring (bicyclic) bond motifs is 1. The fourth-order valence-corrected chi connectivity index (χ4v) is 3.28. The first-order chi connectivity index (χ1) is 8.75. The molecule has 96 valence electrons. The largest absolute Gasteiger partial charge is 0.393 e. The molecule has 2 atom stereocenters. The van der Waals surface area contributed by atoms with Crippen molar-refractivity contribution in [2.45, 2.75) is 32.3 Å². The lowest BCUT2D eigenvalue weighted by Crippen LogP contribution is -2.22. The summed E-state index contributed by atoms with van der Waals surface area (Å²) in [7, 11) is 0. The van der Waals surface area contributed by atoms with Gasteiger partial charge in [-0.05, 0) is 31.3 Å². The Hall–Kier alpha value is -1.27. The van der Waals surface area contributed by atoms with E-state index in [9.17, 15) is 5.11 Å². The molecule has 2 unspecified atom stereocenters. The number of hydrogen-bond donors (Lipinski definition) is 2. The van der Waals surface area contributed by atoms with E-state index in [1.165, 1.54) is 11.5 Å². The van der Waals surface area contributed by atoms with E-state index in [0.29, 0.717) is 5.92 Å². The lowest BCUT2D eigenvalue weighted by Gasteiger charge is -2.15. The SMILES string of the molecule is Cc1nsc2ncnc(NCC3CCCC3O)c12. The van der Waals surface area contributed by atoms with Gasteiger partial charge in [-0.2, -0.15) is 4.37 Å². The standard InChI is InChI=1S/C12H16N4OS/c1-7-10-11(14-6-15-12(10)18-16-7)13-5-8-3-2-4-9(8)17/h6,8-9,17H,2-5H2,1H3,(H,13,14,15). The zero-order valence-electron chi connectivity index (χ0n) is 10.3. The van der Waals surface area contributed by atoms with E-state index in [1.54, 1.807) is 6.33 Å². The Bertz CT molecular complexity index is 556. The highest BCUT2D eigenvalue weighted by atomic mass is 32.1. The van der Waals surface area contributed by atoms with Gasteiger partial charge in [0.25, 0.3) is 0 Å².